The number of hydrogen-bond donors (Lipinski definition) is 3. The van der Waals surface area contributed by atoms with E-state index in [4.69, 9.17) is 5.11 Å². The third kappa shape index (κ3) is 1.02. The lowest BCUT2D eigenvalue weighted by Crippen LogP contribution is -2.54. The molecule has 1 rings (SSSR count). The van der Waals surface area contributed by atoms with Crippen LogP contribution in [-0.4, -0.2) is 28.6 Å². The number of aliphatic carboxylic acids is 1. The molecule has 60 valence electrons. The summed E-state index contributed by atoms with van der Waals surface area (Å²) in [5, 5.41) is 12.4. The fourth-order valence-corrected chi connectivity index (χ4v) is 0.706. The quantitative estimate of drug-likeness (QED) is 0.386. The molecule has 1 heterocycles. The highest BCUT2D eigenvalue weighted by Gasteiger charge is 2.44. The summed E-state index contributed by atoms with van der Waals surface area (Å²) < 4.78 is 0. The lowest BCUT2D eigenvalue weighted by atomic mass is 10.2. The van der Waals surface area contributed by atoms with Gasteiger partial charge < -0.3 is 15.7 Å². The van der Waals surface area contributed by atoms with Crippen LogP contribution in [-0.2, 0) is 14.4 Å². The molecule has 11 heavy (non-hydrogen) atoms. The van der Waals surface area contributed by atoms with Crippen LogP contribution in [0.3, 0.4) is 0 Å². The molecule has 0 bridgehead atoms. The Bertz CT molecular complexity index is 231. The summed E-state index contributed by atoms with van der Waals surface area (Å²) in [5.41, 5.74) is -1.64. The van der Waals surface area contributed by atoms with Crippen molar-refractivity contribution in [3.63, 3.8) is 0 Å². The van der Waals surface area contributed by atoms with Gasteiger partial charge in [-0.1, -0.05) is 0 Å². The van der Waals surface area contributed by atoms with Gasteiger partial charge >= 0.3 is 17.8 Å². The number of carboxylic acid groups (broad SMARTS) is 1. The normalized spacial score (nSPS) is 20.8. The van der Waals surface area contributed by atoms with E-state index in [0.29, 0.717) is 0 Å². The zero-order valence-electron chi connectivity index (χ0n) is 5.67. The van der Waals surface area contributed by atoms with E-state index >= 15 is 0 Å². The maximum atomic E-state index is 10.5. The molecule has 0 saturated carbocycles. The van der Waals surface area contributed by atoms with E-state index in [0.717, 1.165) is 0 Å². The minimum atomic E-state index is -1.64. The highest BCUT2D eigenvalue weighted by atomic mass is 16.4. The van der Waals surface area contributed by atoms with Crippen LogP contribution < -0.4 is 10.6 Å². The molecule has 0 unspecified atom stereocenters. The van der Waals surface area contributed by atoms with Gasteiger partial charge in [-0.3, -0.25) is 9.59 Å². The second kappa shape index (κ2) is 1.94. The summed E-state index contributed by atoms with van der Waals surface area (Å²) in [7, 11) is 0. The molecule has 1 saturated heterocycles. The molecule has 0 radical (unpaired) electrons. The van der Waals surface area contributed by atoms with Gasteiger partial charge in [0, 0.05) is 0 Å². The molecule has 3 N–H and O–H groups in total. The van der Waals surface area contributed by atoms with Crippen LogP contribution >= 0.6 is 0 Å². The van der Waals surface area contributed by atoms with Gasteiger partial charge in [-0.2, -0.15) is 0 Å². The summed E-state index contributed by atoms with van der Waals surface area (Å²) in [6.45, 7) is 1.19. The highest BCUT2D eigenvalue weighted by Crippen LogP contribution is 2.04. The lowest BCUT2D eigenvalue weighted by Gasteiger charge is -2.16. The molecule has 1 aliphatic heterocycles. The van der Waals surface area contributed by atoms with Gasteiger partial charge in [-0.25, -0.2) is 4.79 Å². The number of nitrogens with one attached hydrogen (secondary N) is 2. The second-order valence-electron chi connectivity index (χ2n) is 2.34. The predicted octanol–water partition coefficient (Wildman–Crippen LogP) is -1.97. The number of carbonyl (C=O) groups is 3. The Morgan fingerprint density at radius 2 is 1.73 bits per heavy atom. The van der Waals surface area contributed by atoms with Crippen molar-refractivity contribution >= 4 is 17.8 Å². The number of hydrogen-bond acceptors (Lipinski definition) is 3. The van der Waals surface area contributed by atoms with Gasteiger partial charge in [0.2, 0.25) is 5.66 Å². The first-order chi connectivity index (χ1) is 4.96. The Morgan fingerprint density at radius 3 is 1.91 bits per heavy atom. The first kappa shape index (κ1) is 7.52. The lowest BCUT2D eigenvalue weighted by molar-refractivity contribution is -0.145. The molecule has 1 fully saturated rings. The molecule has 2 amide bonds. The molecular formula is C5H6N2O4. The first-order valence-corrected chi connectivity index (χ1v) is 2.84. The Hall–Kier alpha value is -1.59. The third-order valence-corrected chi connectivity index (χ3v) is 1.36. The Balaban J connectivity index is 2.88. The fourth-order valence-electron chi connectivity index (χ4n) is 0.706. The minimum absolute atomic E-state index is 0.921. The molecule has 0 aromatic rings. The van der Waals surface area contributed by atoms with Crippen molar-refractivity contribution < 1.29 is 19.5 Å². The molecular weight excluding hydrogens is 152 g/mol. The zero-order chi connectivity index (χ0) is 8.65. The summed E-state index contributed by atoms with van der Waals surface area (Å²) >= 11 is 0. The SMILES string of the molecule is CC1(C(=O)O)NC(=O)C(=O)N1. The van der Waals surface area contributed by atoms with Crippen LogP contribution in [0.25, 0.3) is 0 Å². The van der Waals surface area contributed by atoms with Crippen LogP contribution in [0.15, 0.2) is 0 Å². The van der Waals surface area contributed by atoms with Crippen molar-refractivity contribution in [3.05, 3.63) is 0 Å². The van der Waals surface area contributed by atoms with Crippen molar-refractivity contribution in [2.45, 2.75) is 12.6 Å². The van der Waals surface area contributed by atoms with Crippen LogP contribution in [0.4, 0.5) is 0 Å². The van der Waals surface area contributed by atoms with Gasteiger partial charge in [0.15, 0.2) is 0 Å². The molecule has 6 heteroatoms. The number of carbonyl (C=O) groups excluding carboxylic acids is 2. The van der Waals surface area contributed by atoms with E-state index in [1.807, 2.05) is 10.6 Å². The Morgan fingerprint density at radius 1 is 1.36 bits per heavy atom. The van der Waals surface area contributed by atoms with Gasteiger partial charge in [-0.15, -0.1) is 0 Å². The first-order valence-electron chi connectivity index (χ1n) is 2.84. The topological polar surface area (TPSA) is 95.5 Å². The van der Waals surface area contributed by atoms with E-state index in [1.54, 1.807) is 0 Å². The Kier molecular flexibility index (Phi) is 1.33. The van der Waals surface area contributed by atoms with Gasteiger partial charge in [0.25, 0.3) is 0 Å². The number of amides is 2. The molecule has 0 spiro atoms. The van der Waals surface area contributed by atoms with E-state index in [2.05, 4.69) is 0 Å². The van der Waals surface area contributed by atoms with Crippen LogP contribution in [0, 0.1) is 0 Å². The fraction of sp³-hybridized carbons (Fsp3) is 0.400. The average Bonchev–Trinajstić information content (AvgIpc) is 2.09. The van der Waals surface area contributed by atoms with Crippen molar-refractivity contribution in [2.75, 3.05) is 0 Å². The molecule has 0 aliphatic carbocycles. The van der Waals surface area contributed by atoms with E-state index in [-0.39, 0.29) is 0 Å². The smallest absolute Gasteiger partial charge is 0.350 e. The summed E-state index contributed by atoms with van der Waals surface area (Å²) in [6.07, 6.45) is 0. The van der Waals surface area contributed by atoms with Gasteiger partial charge in [0.1, 0.15) is 0 Å². The molecule has 6 nitrogen and oxygen atoms in total. The van der Waals surface area contributed by atoms with Crippen molar-refractivity contribution in [3.8, 4) is 0 Å². The minimum Gasteiger partial charge on any atom is -0.478 e. The largest absolute Gasteiger partial charge is 0.478 e. The zero-order valence-corrected chi connectivity index (χ0v) is 5.67. The number of carboxylic acids is 1. The van der Waals surface area contributed by atoms with Crippen molar-refractivity contribution in [2.24, 2.45) is 0 Å². The maximum Gasteiger partial charge on any atom is 0.350 e. The average molecular weight is 158 g/mol. The van der Waals surface area contributed by atoms with Crippen molar-refractivity contribution in [1.82, 2.24) is 10.6 Å². The van der Waals surface area contributed by atoms with Crippen LogP contribution in [0.5, 0.6) is 0 Å². The highest BCUT2D eigenvalue weighted by molar-refractivity contribution is 6.38. The van der Waals surface area contributed by atoms with Gasteiger partial charge in [-0.05, 0) is 6.92 Å². The van der Waals surface area contributed by atoms with Gasteiger partial charge in [0.05, 0.1) is 0 Å². The standard InChI is InChI=1S/C5H6N2O4/c1-5(4(10)11)6-2(8)3(9)7-5/h1H3,(H,6,8)(H,7,9)(H,10,11). The summed E-state index contributed by atoms with van der Waals surface area (Å²) in [6, 6.07) is 0. The number of rotatable bonds is 1. The maximum absolute atomic E-state index is 10.5. The van der Waals surface area contributed by atoms with Crippen LogP contribution in [0.1, 0.15) is 6.92 Å². The van der Waals surface area contributed by atoms with E-state index in [1.165, 1.54) is 6.92 Å². The second-order valence-corrected chi connectivity index (χ2v) is 2.34. The molecule has 0 atom stereocenters. The summed E-state index contributed by atoms with van der Waals surface area (Å²) in [4.78, 5) is 31.4. The predicted molar refractivity (Wildman–Crippen MR) is 32.3 cm³/mol. The summed E-state index contributed by atoms with van der Waals surface area (Å²) in [5.74, 6) is -3.14. The Labute approximate surface area is 61.6 Å². The van der Waals surface area contributed by atoms with E-state index in [9.17, 15) is 14.4 Å². The molecule has 0 aromatic heterocycles. The molecule has 0 aromatic carbocycles. The van der Waals surface area contributed by atoms with E-state index < -0.39 is 23.4 Å². The third-order valence-electron chi connectivity index (χ3n) is 1.36. The molecule has 1 aliphatic rings. The van der Waals surface area contributed by atoms with Crippen LogP contribution in [0.2, 0.25) is 0 Å². The van der Waals surface area contributed by atoms with Crippen molar-refractivity contribution in [1.29, 1.82) is 0 Å². The monoisotopic (exact) mass is 158 g/mol.